The average molecular weight is 258 g/mol. The molecule has 0 fully saturated rings. The first-order chi connectivity index (χ1) is 6.44. The molecule has 78 valence electrons. The number of aliphatic hydroxyl groups is 1. The fourth-order valence-electron chi connectivity index (χ4n) is 1.29. The van der Waals surface area contributed by atoms with Gasteiger partial charge in [0.05, 0.1) is 6.61 Å². The zero-order valence-electron chi connectivity index (χ0n) is 8.55. The molecule has 0 heterocycles. The molecule has 1 rings (SSSR count). The smallest absolute Gasteiger partial charge is 0.0611 e. The minimum Gasteiger partial charge on any atom is -0.394 e. The van der Waals surface area contributed by atoms with E-state index in [1.165, 1.54) is 5.56 Å². The van der Waals surface area contributed by atoms with Crippen molar-refractivity contribution < 1.29 is 5.11 Å². The molecule has 1 aromatic rings. The van der Waals surface area contributed by atoms with Gasteiger partial charge < -0.3 is 10.8 Å². The zero-order chi connectivity index (χ0) is 10.8. The highest BCUT2D eigenvalue weighted by molar-refractivity contribution is 9.10. The third-order valence-electron chi connectivity index (χ3n) is 2.16. The molecule has 0 spiro atoms. The number of hydrogen-bond acceptors (Lipinski definition) is 2. The number of rotatable bonds is 3. The van der Waals surface area contributed by atoms with Gasteiger partial charge in [0.15, 0.2) is 0 Å². The molecule has 0 aliphatic carbocycles. The fraction of sp³-hybridized carbons (Fsp3) is 0.455. The van der Waals surface area contributed by atoms with Gasteiger partial charge in [-0.1, -0.05) is 28.1 Å². The molecule has 3 heteroatoms. The van der Waals surface area contributed by atoms with Gasteiger partial charge in [0.2, 0.25) is 0 Å². The van der Waals surface area contributed by atoms with E-state index in [9.17, 15) is 0 Å². The first-order valence-electron chi connectivity index (χ1n) is 4.59. The summed E-state index contributed by atoms with van der Waals surface area (Å²) in [6, 6.07) is 6.15. The van der Waals surface area contributed by atoms with E-state index in [4.69, 9.17) is 10.8 Å². The third kappa shape index (κ3) is 3.08. The molecule has 0 aliphatic rings. The van der Waals surface area contributed by atoms with Crippen LogP contribution in [0.4, 0.5) is 0 Å². The lowest BCUT2D eigenvalue weighted by molar-refractivity contribution is 0.208. The second-order valence-electron chi connectivity index (χ2n) is 4.08. The van der Waals surface area contributed by atoms with Crippen molar-refractivity contribution in [1.29, 1.82) is 0 Å². The summed E-state index contributed by atoms with van der Waals surface area (Å²) in [4.78, 5) is 0. The van der Waals surface area contributed by atoms with Gasteiger partial charge in [-0.05, 0) is 37.5 Å². The van der Waals surface area contributed by atoms with Gasteiger partial charge >= 0.3 is 0 Å². The zero-order valence-corrected chi connectivity index (χ0v) is 10.1. The van der Waals surface area contributed by atoms with E-state index in [0.717, 1.165) is 10.0 Å². The summed E-state index contributed by atoms with van der Waals surface area (Å²) in [6.45, 7) is 3.88. The van der Waals surface area contributed by atoms with Crippen LogP contribution in [0.15, 0.2) is 22.7 Å². The van der Waals surface area contributed by atoms with Crippen LogP contribution in [0.3, 0.4) is 0 Å². The predicted molar refractivity (Wildman–Crippen MR) is 62.3 cm³/mol. The second-order valence-corrected chi connectivity index (χ2v) is 4.94. The van der Waals surface area contributed by atoms with Crippen molar-refractivity contribution in [3.63, 3.8) is 0 Å². The van der Waals surface area contributed by atoms with Crippen molar-refractivity contribution in [2.45, 2.75) is 25.8 Å². The number of nitrogens with two attached hydrogens (primary N) is 1. The maximum atomic E-state index is 9.06. The summed E-state index contributed by atoms with van der Waals surface area (Å²) in [5.74, 6) is 0. The van der Waals surface area contributed by atoms with Gasteiger partial charge in [-0.15, -0.1) is 0 Å². The first-order valence-corrected chi connectivity index (χ1v) is 5.39. The molecule has 1 atom stereocenters. The molecule has 0 amide bonds. The Balaban J connectivity index is 2.87. The Morgan fingerprint density at radius 1 is 1.50 bits per heavy atom. The minimum absolute atomic E-state index is 0.00663. The van der Waals surface area contributed by atoms with Crippen LogP contribution in [-0.2, 0) is 6.42 Å². The predicted octanol–water partition coefficient (Wildman–Crippen LogP) is 2.01. The monoisotopic (exact) mass is 257 g/mol. The van der Waals surface area contributed by atoms with Gasteiger partial charge in [0, 0.05) is 10.0 Å². The maximum Gasteiger partial charge on any atom is 0.0611 e. The van der Waals surface area contributed by atoms with Crippen LogP contribution in [0.5, 0.6) is 0 Å². The first kappa shape index (κ1) is 11.7. The van der Waals surface area contributed by atoms with E-state index in [2.05, 4.69) is 22.0 Å². The molecule has 2 nitrogen and oxygen atoms in total. The number of benzene rings is 1. The number of aryl methyl sites for hydroxylation is 1. The molecule has 0 saturated carbocycles. The number of aliphatic hydroxyl groups excluding tert-OH is 1. The Kier molecular flexibility index (Phi) is 3.70. The molecule has 0 aliphatic heterocycles. The molecule has 0 saturated heterocycles. The molecule has 0 bridgehead atoms. The SMILES string of the molecule is Cc1ccc(CC(C)(N)CO)c(Br)c1. The summed E-state index contributed by atoms with van der Waals surface area (Å²) < 4.78 is 1.06. The highest BCUT2D eigenvalue weighted by Gasteiger charge is 2.18. The summed E-state index contributed by atoms with van der Waals surface area (Å²) in [5, 5.41) is 9.06. The van der Waals surface area contributed by atoms with Gasteiger partial charge in [-0.25, -0.2) is 0 Å². The van der Waals surface area contributed by atoms with Gasteiger partial charge in [-0.3, -0.25) is 0 Å². The van der Waals surface area contributed by atoms with Gasteiger partial charge in [0.1, 0.15) is 0 Å². The van der Waals surface area contributed by atoms with Crippen molar-refractivity contribution in [3.05, 3.63) is 33.8 Å². The van der Waals surface area contributed by atoms with E-state index in [1.807, 2.05) is 26.0 Å². The number of halogens is 1. The van der Waals surface area contributed by atoms with E-state index < -0.39 is 5.54 Å². The Bertz CT molecular complexity index is 323. The summed E-state index contributed by atoms with van der Waals surface area (Å²) in [7, 11) is 0. The normalized spacial score (nSPS) is 15.2. The molecule has 3 N–H and O–H groups in total. The lowest BCUT2D eigenvalue weighted by Crippen LogP contribution is -2.42. The van der Waals surface area contributed by atoms with Crippen molar-refractivity contribution in [2.75, 3.05) is 6.61 Å². The molecule has 1 unspecified atom stereocenters. The van der Waals surface area contributed by atoms with Crippen LogP contribution in [-0.4, -0.2) is 17.3 Å². The standard InChI is InChI=1S/C11H16BrNO/c1-8-3-4-9(10(12)5-8)6-11(2,13)7-14/h3-5,14H,6-7,13H2,1-2H3. The molecule has 0 aromatic heterocycles. The Morgan fingerprint density at radius 3 is 2.64 bits per heavy atom. The molecule has 0 radical (unpaired) electrons. The fourth-order valence-corrected chi connectivity index (χ4v) is 1.92. The maximum absolute atomic E-state index is 9.06. The van der Waals surface area contributed by atoms with E-state index >= 15 is 0 Å². The average Bonchev–Trinajstić information content (AvgIpc) is 2.10. The Labute approximate surface area is 93.3 Å². The second kappa shape index (κ2) is 4.43. The van der Waals surface area contributed by atoms with Crippen molar-refractivity contribution in [3.8, 4) is 0 Å². The quantitative estimate of drug-likeness (QED) is 0.871. The number of hydrogen-bond donors (Lipinski definition) is 2. The summed E-state index contributed by atoms with van der Waals surface area (Å²) in [5.41, 5.74) is 7.69. The summed E-state index contributed by atoms with van der Waals surface area (Å²) in [6.07, 6.45) is 0.671. The van der Waals surface area contributed by atoms with E-state index in [1.54, 1.807) is 0 Å². The van der Waals surface area contributed by atoms with Crippen molar-refractivity contribution in [2.24, 2.45) is 5.73 Å². The van der Waals surface area contributed by atoms with Gasteiger partial charge in [0.25, 0.3) is 0 Å². The van der Waals surface area contributed by atoms with Crippen LogP contribution < -0.4 is 5.73 Å². The minimum atomic E-state index is -0.544. The van der Waals surface area contributed by atoms with Crippen molar-refractivity contribution in [1.82, 2.24) is 0 Å². The van der Waals surface area contributed by atoms with Gasteiger partial charge in [-0.2, -0.15) is 0 Å². The Morgan fingerprint density at radius 2 is 2.14 bits per heavy atom. The van der Waals surface area contributed by atoms with Crippen LogP contribution in [0, 0.1) is 6.92 Å². The van der Waals surface area contributed by atoms with Crippen LogP contribution in [0.2, 0.25) is 0 Å². The topological polar surface area (TPSA) is 46.2 Å². The van der Waals surface area contributed by atoms with E-state index in [-0.39, 0.29) is 6.61 Å². The molecular weight excluding hydrogens is 242 g/mol. The highest BCUT2D eigenvalue weighted by atomic mass is 79.9. The van der Waals surface area contributed by atoms with Crippen LogP contribution in [0.1, 0.15) is 18.1 Å². The van der Waals surface area contributed by atoms with E-state index in [0.29, 0.717) is 6.42 Å². The van der Waals surface area contributed by atoms with Crippen molar-refractivity contribution >= 4 is 15.9 Å². The summed E-state index contributed by atoms with van der Waals surface area (Å²) >= 11 is 3.49. The lowest BCUT2D eigenvalue weighted by Gasteiger charge is -2.22. The largest absolute Gasteiger partial charge is 0.394 e. The van der Waals surface area contributed by atoms with Crippen LogP contribution >= 0.6 is 15.9 Å². The highest BCUT2D eigenvalue weighted by Crippen LogP contribution is 2.21. The molecule has 14 heavy (non-hydrogen) atoms. The lowest BCUT2D eigenvalue weighted by atomic mass is 9.94. The third-order valence-corrected chi connectivity index (χ3v) is 2.90. The molecule has 1 aromatic carbocycles. The molecular formula is C11H16BrNO. The van der Waals surface area contributed by atoms with Crippen LogP contribution in [0.25, 0.3) is 0 Å². The Hall–Kier alpha value is -0.380.